The second-order valence-corrected chi connectivity index (χ2v) is 9.44. The molecule has 1 saturated heterocycles. The maximum absolute atomic E-state index is 13.9. The van der Waals surface area contributed by atoms with Crippen LogP contribution in [0, 0.1) is 0 Å². The lowest BCUT2D eigenvalue weighted by Crippen LogP contribution is -2.46. The molecule has 2 aromatic heterocycles. The van der Waals surface area contributed by atoms with E-state index < -0.39 is 11.7 Å². The molecule has 0 aromatic carbocycles. The Bertz CT molecular complexity index is 1060. The number of alkyl halides is 3. The van der Waals surface area contributed by atoms with E-state index in [4.69, 9.17) is 4.74 Å². The summed E-state index contributed by atoms with van der Waals surface area (Å²) >= 11 is 0. The Kier molecular flexibility index (Phi) is 6.01. The number of rotatable bonds is 6. The van der Waals surface area contributed by atoms with Crippen LogP contribution in [0.3, 0.4) is 0 Å². The summed E-state index contributed by atoms with van der Waals surface area (Å²) in [6.07, 6.45) is 3.10. The Hall–Kier alpha value is -2.66. The predicted octanol–water partition coefficient (Wildman–Crippen LogP) is 3.22. The van der Waals surface area contributed by atoms with Gasteiger partial charge in [-0.3, -0.25) is 4.79 Å². The number of carbonyl (C=O) groups excluding carboxylic acids is 1. The Morgan fingerprint density at radius 3 is 2.82 bits per heavy atom. The van der Waals surface area contributed by atoms with Crippen molar-refractivity contribution in [1.29, 1.82) is 0 Å². The standard InChI is InChI=1S/C23H29F3N6O2/c1-34-10-9-32-8-2-3-15-16(12-27-19(15)20(32)33)18-17(23(24,25)26)13-28-21(31-18)30-14-4-5-22(6-7-22)29-11-14/h12-14,27,29H,2-11H2,1H3,(H,28,30,31)/t14-/m0/s1. The van der Waals surface area contributed by atoms with Gasteiger partial charge in [0.1, 0.15) is 11.3 Å². The van der Waals surface area contributed by atoms with Gasteiger partial charge in [-0.2, -0.15) is 13.2 Å². The molecule has 0 radical (unpaired) electrons. The third kappa shape index (κ3) is 4.50. The van der Waals surface area contributed by atoms with Crippen LogP contribution < -0.4 is 10.6 Å². The molecule has 8 nitrogen and oxygen atoms in total. The molecule has 1 atom stereocenters. The number of anilines is 1. The van der Waals surface area contributed by atoms with Gasteiger partial charge in [0.25, 0.3) is 5.91 Å². The highest BCUT2D eigenvalue weighted by molar-refractivity contribution is 5.96. The number of nitrogens with zero attached hydrogens (tertiary/aromatic N) is 3. The van der Waals surface area contributed by atoms with Crippen molar-refractivity contribution in [3.63, 3.8) is 0 Å². The molecule has 2 fully saturated rings. The number of fused-ring (bicyclic) bond motifs is 1. The summed E-state index contributed by atoms with van der Waals surface area (Å²) in [5, 5.41) is 6.74. The van der Waals surface area contributed by atoms with E-state index in [9.17, 15) is 18.0 Å². The number of amides is 1. The number of aromatic nitrogens is 3. The first-order chi connectivity index (χ1) is 16.3. The second-order valence-electron chi connectivity index (χ2n) is 9.44. The minimum Gasteiger partial charge on any atom is -0.383 e. The average molecular weight is 479 g/mol. The van der Waals surface area contributed by atoms with Gasteiger partial charge in [-0.1, -0.05) is 0 Å². The van der Waals surface area contributed by atoms with E-state index in [2.05, 4.69) is 25.6 Å². The van der Waals surface area contributed by atoms with Crippen LogP contribution in [0.1, 0.15) is 53.7 Å². The van der Waals surface area contributed by atoms with Gasteiger partial charge >= 0.3 is 6.18 Å². The zero-order valence-electron chi connectivity index (χ0n) is 19.1. The summed E-state index contributed by atoms with van der Waals surface area (Å²) in [4.78, 5) is 25.9. The second kappa shape index (κ2) is 8.84. The van der Waals surface area contributed by atoms with E-state index in [0.29, 0.717) is 49.4 Å². The van der Waals surface area contributed by atoms with Crippen molar-refractivity contribution in [1.82, 2.24) is 25.2 Å². The van der Waals surface area contributed by atoms with Gasteiger partial charge in [-0.25, -0.2) is 9.97 Å². The summed E-state index contributed by atoms with van der Waals surface area (Å²) in [7, 11) is 1.56. The van der Waals surface area contributed by atoms with E-state index in [1.807, 2.05) is 0 Å². The molecule has 1 spiro atoms. The van der Waals surface area contributed by atoms with Gasteiger partial charge in [0, 0.05) is 56.3 Å². The Balaban J connectivity index is 1.45. The number of nitrogens with one attached hydrogen (secondary N) is 3. The SMILES string of the molecule is COCCN1CCCc2c(-c3nc(N[C@H]4CCC5(CC5)NC4)ncc3C(F)(F)F)c[nH]c2C1=O. The monoisotopic (exact) mass is 478 g/mol. The molecule has 3 N–H and O–H groups in total. The van der Waals surface area contributed by atoms with Crippen molar-refractivity contribution < 1.29 is 22.7 Å². The Morgan fingerprint density at radius 1 is 1.32 bits per heavy atom. The molecule has 4 heterocycles. The first-order valence-electron chi connectivity index (χ1n) is 11.7. The molecular weight excluding hydrogens is 449 g/mol. The number of H-pyrrole nitrogens is 1. The van der Waals surface area contributed by atoms with Gasteiger partial charge in [-0.15, -0.1) is 0 Å². The fraction of sp³-hybridized carbons (Fsp3) is 0.609. The molecule has 0 unspecified atom stereocenters. The molecule has 1 saturated carbocycles. The van der Waals surface area contributed by atoms with E-state index in [1.165, 1.54) is 19.0 Å². The van der Waals surface area contributed by atoms with Crippen molar-refractivity contribution in [2.75, 3.05) is 38.7 Å². The number of piperidine rings is 1. The van der Waals surface area contributed by atoms with Crippen LogP contribution in [0.5, 0.6) is 0 Å². The van der Waals surface area contributed by atoms with Crippen molar-refractivity contribution in [3.05, 3.63) is 29.2 Å². The number of aromatic amines is 1. The molecule has 1 aliphatic carbocycles. The lowest BCUT2D eigenvalue weighted by atomic mass is 9.99. The van der Waals surface area contributed by atoms with Crippen LogP contribution in [-0.2, 0) is 17.3 Å². The van der Waals surface area contributed by atoms with Crippen LogP contribution >= 0.6 is 0 Å². The lowest BCUT2D eigenvalue weighted by molar-refractivity contribution is -0.137. The minimum atomic E-state index is -4.62. The summed E-state index contributed by atoms with van der Waals surface area (Å²) < 4.78 is 46.8. The van der Waals surface area contributed by atoms with Gasteiger partial charge < -0.3 is 25.3 Å². The van der Waals surface area contributed by atoms with Gasteiger partial charge in [-0.05, 0) is 44.1 Å². The largest absolute Gasteiger partial charge is 0.419 e. The third-order valence-corrected chi connectivity index (χ3v) is 7.14. The average Bonchev–Trinajstić information content (AvgIpc) is 3.47. The molecule has 2 aromatic rings. The summed E-state index contributed by atoms with van der Waals surface area (Å²) in [5.41, 5.74) is 0.339. The first-order valence-corrected chi connectivity index (χ1v) is 11.7. The maximum Gasteiger partial charge on any atom is 0.419 e. The summed E-state index contributed by atoms with van der Waals surface area (Å²) in [6.45, 7) is 2.06. The number of halogens is 3. The molecule has 5 rings (SSSR count). The fourth-order valence-corrected chi connectivity index (χ4v) is 4.96. The zero-order chi connectivity index (χ0) is 23.9. The highest BCUT2D eigenvalue weighted by Crippen LogP contribution is 2.42. The number of hydrogen-bond acceptors (Lipinski definition) is 6. The van der Waals surface area contributed by atoms with E-state index in [1.54, 1.807) is 12.0 Å². The molecular formula is C23H29F3N6O2. The van der Waals surface area contributed by atoms with Crippen LogP contribution in [0.2, 0.25) is 0 Å². The Labute approximate surface area is 195 Å². The summed E-state index contributed by atoms with van der Waals surface area (Å²) in [5.74, 6) is -0.0720. The molecule has 3 aliphatic rings. The van der Waals surface area contributed by atoms with Crippen molar-refractivity contribution >= 4 is 11.9 Å². The maximum atomic E-state index is 13.9. The van der Waals surface area contributed by atoms with E-state index in [0.717, 1.165) is 25.6 Å². The fourth-order valence-electron chi connectivity index (χ4n) is 4.96. The number of methoxy groups -OCH3 is 1. The molecule has 2 aliphatic heterocycles. The highest BCUT2D eigenvalue weighted by Gasteiger charge is 2.45. The number of hydrogen-bond donors (Lipinski definition) is 3. The topological polar surface area (TPSA) is 95.2 Å². The predicted molar refractivity (Wildman–Crippen MR) is 120 cm³/mol. The van der Waals surface area contributed by atoms with Gasteiger partial charge in [0.05, 0.1) is 12.3 Å². The van der Waals surface area contributed by atoms with Crippen LogP contribution in [0.4, 0.5) is 19.1 Å². The minimum absolute atomic E-state index is 0.0510. The zero-order valence-corrected chi connectivity index (χ0v) is 19.1. The smallest absolute Gasteiger partial charge is 0.383 e. The van der Waals surface area contributed by atoms with Crippen molar-refractivity contribution in [3.8, 4) is 11.3 Å². The Morgan fingerprint density at radius 2 is 2.15 bits per heavy atom. The van der Waals surface area contributed by atoms with Crippen LogP contribution in [0.25, 0.3) is 11.3 Å². The summed E-state index contributed by atoms with van der Waals surface area (Å²) in [6, 6.07) is 0.0510. The third-order valence-electron chi connectivity index (χ3n) is 7.14. The van der Waals surface area contributed by atoms with Crippen molar-refractivity contribution in [2.24, 2.45) is 0 Å². The van der Waals surface area contributed by atoms with Crippen LogP contribution in [0.15, 0.2) is 12.4 Å². The molecule has 1 amide bonds. The van der Waals surface area contributed by atoms with E-state index in [-0.39, 0.29) is 29.1 Å². The normalized spacial score (nSPS) is 21.9. The first kappa shape index (κ1) is 23.1. The van der Waals surface area contributed by atoms with Gasteiger partial charge in [0.2, 0.25) is 5.95 Å². The van der Waals surface area contributed by atoms with E-state index >= 15 is 0 Å². The number of carbonyl (C=O) groups is 1. The molecule has 0 bridgehead atoms. The van der Waals surface area contributed by atoms with Gasteiger partial charge in [0.15, 0.2) is 0 Å². The lowest BCUT2D eigenvalue weighted by Gasteiger charge is -2.30. The molecule has 184 valence electrons. The quantitative estimate of drug-likeness (QED) is 0.590. The van der Waals surface area contributed by atoms with Crippen LogP contribution in [-0.4, -0.2) is 70.7 Å². The van der Waals surface area contributed by atoms with Crippen molar-refractivity contribution in [2.45, 2.75) is 56.3 Å². The highest BCUT2D eigenvalue weighted by atomic mass is 19.4. The molecule has 34 heavy (non-hydrogen) atoms. The number of ether oxygens (including phenoxy) is 1. The molecule has 11 heteroatoms.